The molecule has 0 aliphatic rings. The van der Waals surface area contributed by atoms with E-state index in [9.17, 15) is 0 Å². The number of hydrogen-bond acceptors (Lipinski definition) is 2. The Morgan fingerprint density at radius 3 is 3.12 bits per heavy atom. The van der Waals surface area contributed by atoms with E-state index in [1.54, 1.807) is 0 Å². The van der Waals surface area contributed by atoms with Crippen molar-refractivity contribution in [2.24, 2.45) is 0 Å². The van der Waals surface area contributed by atoms with Gasteiger partial charge in [-0.3, -0.25) is 5.10 Å². The average Bonchev–Trinajstić information content (AvgIpc) is 2.75. The lowest BCUT2D eigenvalue weighted by Gasteiger charge is -2.15. The smallest absolute Gasteiger partial charge is 0.0881 e. The quantitative estimate of drug-likeness (QED) is 0.804. The lowest BCUT2D eigenvalue weighted by atomic mass is 10.1. The van der Waals surface area contributed by atoms with Crippen LogP contribution in [0.5, 0.6) is 0 Å². The zero-order valence-electron chi connectivity index (χ0n) is 9.96. The SMILES string of the molecule is CCCCC(C)Nc1cccc2cn[nH]c12. The highest BCUT2D eigenvalue weighted by atomic mass is 15.1. The van der Waals surface area contributed by atoms with Crippen molar-refractivity contribution in [2.45, 2.75) is 39.2 Å². The molecule has 86 valence electrons. The minimum Gasteiger partial charge on any atom is -0.381 e. The fraction of sp³-hybridized carbons (Fsp3) is 0.462. The number of fused-ring (bicyclic) bond motifs is 1. The number of anilines is 1. The molecule has 2 aromatic rings. The van der Waals surface area contributed by atoms with Gasteiger partial charge < -0.3 is 5.32 Å². The maximum Gasteiger partial charge on any atom is 0.0881 e. The van der Waals surface area contributed by atoms with Gasteiger partial charge in [-0.1, -0.05) is 31.9 Å². The molecule has 3 heteroatoms. The molecule has 0 aliphatic heterocycles. The second-order valence-electron chi connectivity index (χ2n) is 4.33. The zero-order valence-corrected chi connectivity index (χ0v) is 9.96. The van der Waals surface area contributed by atoms with Gasteiger partial charge in [0.2, 0.25) is 0 Å². The number of aromatic amines is 1. The first-order chi connectivity index (χ1) is 7.81. The van der Waals surface area contributed by atoms with Crippen LogP contribution < -0.4 is 5.32 Å². The Bertz CT molecular complexity index is 447. The van der Waals surface area contributed by atoms with Gasteiger partial charge in [0.25, 0.3) is 0 Å². The molecule has 1 heterocycles. The first-order valence-electron chi connectivity index (χ1n) is 6.00. The molecule has 0 spiro atoms. The van der Waals surface area contributed by atoms with Gasteiger partial charge >= 0.3 is 0 Å². The number of hydrogen-bond donors (Lipinski definition) is 2. The second-order valence-corrected chi connectivity index (χ2v) is 4.33. The highest BCUT2D eigenvalue weighted by molar-refractivity contribution is 5.89. The number of H-pyrrole nitrogens is 1. The zero-order chi connectivity index (χ0) is 11.4. The van der Waals surface area contributed by atoms with Gasteiger partial charge in [-0.15, -0.1) is 0 Å². The second kappa shape index (κ2) is 5.01. The van der Waals surface area contributed by atoms with Crippen LogP contribution >= 0.6 is 0 Å². The Morgan fingerprint density at radius 1 is 1.44 bits per heavy atom. The number of unbranched alkanes of at least 4 members (excludes halogenated alkanes) is 1. The summed E-state index contributed by atoms with van der Waals surface area (Å²) in [4.78, 5) is 0. The number of benzene rings is 1. The van der Waals surface area contributed by atoms with E-state index in [0.29, 0.717) is 6.04 Å². The number of aromatic nitrogens is 2. The third kappa shape index (κ3) is 2.35. The molecule has 1 aromatic heterocycles. The maximum absolute atomic E-state index is 4.07. The van der Waals surface area contributed by atoms with Gasteiger partial charge in [-0.05, 0) is 19.4 Å². The van der Waals surface area contributed by atoms with E-state index in [2.05, 4.69) is 47.6 Å². The molecule has 0 amide bonds. The molecule has 3 nitrogen and oxygen atoms in total. The van der Waals surface area contributed by atoms with Gasteiger partial charge in [0.05, 0.1) is 17.4 Å². The molecule has 0 saturated carbocycles. The molecular weight excluding hydrogens is 198 g/mol. The topological polar surface area (TPSA) is 40.7 Å². The van der Waals surface area contributed by atoms with Crippen molar-refractivity contribution in [1.82, 2.24) is 10.2 Å². The fourth-order valence-electron chi connectivity index (χ4n) is 1.94. The Kier molecular flexibility index (Phi) is 3.44. The van der Waals surface area contributed by atoms with Crippen LogP contribution in [0.3, 0.4) is 0 Å². The van der Waals surface area contributed by atoms with Crippen LogP contribution in [0.1, 0.15) is 33.1 Å². The Balaban J connectivity index is 2.11. The molecule has 2 N–H and O–H groups in total. The van der Waals surface area contributed by atoms with Crippen LogP contribution in [0.15, 0.2) is 24.4 Å². The van der Waals surface area contributed by atoms with Gasteiger partial charge in [-0.2, -0.15) is 5.10 Å². The summed E-state index contributed by atoms with van der Waals surface area (Å²) in [7, 11) is 0. The van der Waals surface area contributed by atoms with Gasteiger partial charge in [-0.25, -0.2) is 0 Å². The third-order valence-corrected chi connectivity index (χ3v) is 2.87. The molecular formula is C13H19N3. The fourth-order valence-corrected chi connectivity index (χ4v) is 1.94. The molecule has 0 bridgehead atoms. The summed E-state index contributed by atoms with van der Waals surface area (Å²) in [6, 6.07) is 6.74. The average molecular weight is 217 g/mol. The summed E-state index contributed by atoms with van der Waals surface area (Å²) >= 11 is 0. The molecule has 16 heavy (non-hydrogen) atoms. The highest BCUT2D eigenvalue weighted by Crippen LogP contribution is 2.21. The molecule has 1 atom stereocenters. The predicted octanol–water partition coefficient (Wildman–Crippen LogP) is 3.55. The van der Waals surface area contributed by atoms with E-state index in [-0.39, 0.29) is 0 Å². The molecule has 0 radical (unpaired) electrons. The van der Waals surface area contributed by atoms with E-state index in [1.807, 2.05) is 6.20 Å². The monoisotopic (exact) mass is 217 g/mol. The summed E-state index contributed by atoms with van der Waals surface area (Å²) in [5.74, 6) is 0. The van der Waals surface area contributed by atoms with Crippen molar-refractivity contribution in [3.05, 3.63) is 24.4 Å². The van der Waals surface area contributed by atoms with Crippen LogP contribution in [-0.4, -0.2) is 16.2 Å². The van der Waals surface area contributed by atoms with Crippen molar-refractivity contribution < 1.29 is 0 Å². The minimum absolute atomic E-state index is 0.508. The Labute approximate surface area is 96.2 Å². The van der Waals surface area contributed by atoms with Crippen LogP contribution in [0.4, 0.5) is 5.69 Å². The molecule has 0 saturated heterocycles. The largest absolute Gasteiger partial charge is 0.381 e. The summed E-state index contributed by atoms with van der Waals surface area (Å²) in [5, 5.41) is 11.8. The van der Waals surface area contributed by atoms with E-state index < -0.39 is 0 Å². The third-order valence-electron chi connectivity index (χ3n) is 2.87. The van der Waals surface area contributed by atoms with Crippen molar-refractivity contribution >= 4 is 16.6 Å². The van der Waals surface area contributed by atoms with Crippen molar-refractivity contribution in [3.63, 3.8) is 0 Å². The molecule has 1 aromatic carbocycles. The van der Waals surface area contributed by atoms with E-state index in [4.69, 9.17) is 0 Å². The molecule has 2 rings (SSSR count). The predicted molar refractivity (Wildman–Crippen MR) is 68.7 cm³/mol. The van der Waals surface area contributed by atoms with E-state index in [0.717, 1.165) is 16.6 Å². The summed E-state index contributed by atoms with van der Waals surface area (Å²) < 4.78 is 0. The van der Waals surface area contributed by atoms with E-state index in [1.165, 1.54) is 19.3 Å². The summed E-state index contributed by atoms with van der Waals surface area (Å²) in [5.41, 5.74) is 2.25. The maximum atomic E-state index is 4.07. The lowest BCUT2D eigenvalue weighted by Crippen LogP contribution is -2.14. The molecule has 1 unspecified atom stereocenters. The summed E-state index contributed by atoms with van der Waals surface area (Å²) in [6.07, 6.45) is 5.59. The number of rotatable bonds is 5. The van der Waals surface area contributed by atoms with Gasteiger partial charge in [0.15, 0.2) is 0 Å². The number of para-hydroxylation sites is 1. The summed E-state index contributed by atoms with van der Waals surface area (Å²) in [6.45, 7) is 4.45. The van der Waals surface area contributed by atoms with Crippen molar-refractivity contribution in [1.29, 1.82) is 0 Å². The van der Waals surface area contributed by atoms with Crippen LogP contribution in [-0.2, 0) is 0 Å². The highest BCUT2D eigenvalue weighted by Gasteiger charge is 2.05. The first kappa shape index (κ1) is 11.0. The van der Waals surface area contributed by atoms with Crippen LogP contribution in [0.2, 0.25) is 0 Å². The normalized spacial score (nSPS) is 12.9. The van der Waals surface area contributed by atoms with E-state index >= 15 is 0 Å². The van der Waals surface area contributed by atoms with Crippen molar-refractivity contribution in [3.8, 4) is 0 Å². The standard InChI is InChI=1S/C13H19N3/c1-3-4-6-10(2)15-12-8-5-7-11-9-14-16-13(11)12/h5,7-10,15H,3-4,6H2,1-2H3,(H,14,16). The minimum atomic E-state index is 0.508. The van der Waals surface area contributed by atoms with Crippen molar-refractivity contribution in [2.75, 3.05) is 5.32 Å². The Morgan fingerprint density at radius 2 is 2.31 bits per heavy atom. The van der Waals surface area contributed by atoms with Crippen LogP contribution in [0.25, 0.3) is 10.9 Å². The number of nitrogens with zero attached hydrogens (tertiary/aromatic N) is 1. The first-order valence-corrected chi connectivity index (χ1v) is 6.00. The van der Waals surface area contributed by atoms with Gasteiger partial charge in [0, 0.05) is 11.4 Å². The molecule has 0 fully saturated rings. The number of nitrogens with one attached hydrogen (secondary N) is 2. The van der Waals surface area contributed by atoms with Crippen LogP contribution in [0, 0.1) is 0 Å². The van der Waals surface area contributed by atoms with Gasteiger partial charge in [0.1, 0.15) is 0 Å². The Hall–Kier alpha value is -1.51. The lowest BCUT2D eigenvalue weighted by molar-refractivity contribution is 0.645. The molecule has 0 aliphatic carbocycles.